The van der Waals surface area contributed by atoms with Crippen LogP contribution in [0.1, 0.15) is 36.4 Å². The zero-order valence-corrected chi connectivity index (χ0v) is 14.3. The summed E-state index contributed by atoms with van der Waals surface area (Å²) in [4.78, 5) is 14.9. The van der Waals surface area contributed by atoms with E-state index in [1.165, 1.54) is 48.3 Å². The second-order valence-corrected chi connectivity index (χ2v) is 7.91. The van der Waals surface area contributed by atoms with Crippen LogP contribution in [0.3, 0.4) is 0 Å². The number of rotatable bonds is 4. The Bertz CT molecular complexity index is 953. The van der Waals surface area contributed by atoms with E-state index in [1.807, 2.05) is 18.2 Å². The average molecular weight is 336 g/mol. The van der Waals surface area contributed by atoms with Crippen molar-refractivity contribution in [2.75, 3.05) is 0 Å². The first-order valence-corrected chi connectivity index (χ1v) is 9.51. The van der Waals surface area contributed by atoms with Gasteiger partial charge in [-0.3, -0.25) is 13.7 Å². The highest BCUT2D eigenvalue weighted by Crippen LogP contribution is 2.42. The second kappa shape index (κ2) is 5.57. The highest BCUT2D eigenvalue weighted by Gasteiger charge is 2.37. The summed E-state index contributed by atoms with van der Waals surface area (Å²) in [5, 5.41) is 0.852. The predicted octanol–water partition coefficient (Wildman–Crippen LogP) is 4.17. The van der Waals surface area contributed by atoms with Gasteiger partial charge in [-0.2, -0.15) is 0 Å². The van der Waals surface area contributed by atoms with Gasteiger partial charge in [0.15, 0.2) is 0 Å². The largest absolute Gasteiger partial charge is 0.280 e. The molecule has 2 aliphatic carbocycles. The topological polar surface area (TPSA) is 25.2 Å². The van der Waals surface area contributed by atoms with E-state index >= 15 is 0 Å². The Labute approximate surface area is 145 Å². The summed E-state index contributed by atoms with van der Waals surface area (Å²) >= 11 is 1.36. The lowest BCUT2D eigenvalue weighted by Gasteiger charge is -2.30. The van der Waals surface area contributed by atoms with E-state index in [0.717, 1.165) is 17.6 Å². The fourth-order valence-electron chi connectivity index (χ4n) is 4.07. The molecule has 1 saturated carbocycles. The van der Waals surface area contributed by atoms with E-state index in [9.17, 15) is 4.79 Å². The molecule has 2 aliphatic rings. The van der Waals surface area contributed by atoms with Crippen LogP contribution in [0.4, 0.5) is 0 Å². The molecule has 1 atom stereocenters. The van der Waals surface area contributed by atoms with Crippen LogP contribution >= 0.6 is 11.5 Å². The maximum atomic E-state index is 12.3. The molecule has 0 bridgehead atoms. The van der Waals surface area contributed by atoms with E-state index < -0.39 is 0 Å². The molecule has 2 aromatic carbocycles. The molecule has 0 N–H and O–H groups in total. The molecule has 1 fully saturated rings. The van der Waals surface area contributed by atoms with Gasteiger partial charge in [-0.05, 0) is 60.5 Å². The quantitative estimate of drug-likeness (QED) is 0.714. The lowest BCUT2D eigenvalue weighted by Crippen LogP contribution is -2.31. The molecule has 0 unspecified atom stereocenters. The number of hydrogen-bond donors (Lipinski definition) is 0. The Morgan fingerprint density at radius 3 is 2.71 bits per heavy atom. The summed E-state index contributed by atoms with van der Waals surface area (Å²) in [5.41, 5.74) is 4.07. The summed E-state index contributed by atoms with van der Waals surface area (Å²) in [5.74, 6) is 0. The maximum absolute atomic E-state index is 12.3. The van der Waals surface area contributed by atoms with Gasteiger partial charge in [0.2, 0.25) is 0 Å². The normalized spacial score (nSPS) is 20.0. The minimum absolute atomic E-state index is 0.174. The molecule has 4 heteroatoms. The summed E-state index contributed by atoms with van der Waals surface area (Å²) in [7, 11) is 0. The maximum Gasteiger partial charge on any atom is 0.257 e. The molecular formula is C20H20N2OS. The lowest BCUT2D eigenvalue weighted by atomic mass is 10.1. The van der Waals surface area contributed by atoms with Crippen LogP contribution in [-0.4, -0.2) is 14.9 Å². The van der Waals surface area contributed by atoms with E-state index in [4.69, 9.17) is 0 Å². The molecule has 1 heterocycles. The SMILES string of the molecule is O=c1sn(CN(C2CC2)[C@H]2CCc3ccccc32)c2ccccc12. The molecule has 1 aromatic heterocycles. The summed E-state index contributed by atoms with van der Waals surface area (Å²) in [6.45, 7) is 0.830. The molecule has 5 rings (SSSR count). The first-order chi connectivity index (χ1) is 11.8. The summed E-state index contributed by atoms with van der Waals surface area (Å²) in [6.07, 6.45) is 4.94. The van der Waals surface area contributed by atoms with Crippen molar-refractivity contribution in [2.24, 2.45) is 0 Å². The van der Waals surface area contributed by atoms with Crippen molar-refractivity contribution in [3.63, 3.8) is 0 Å². The van der Waals surface area contributed by atoms with Gasteiger partial charge in [-0.15, -0.1) is 0 Å². The monoisotopic (exact) mass is 336 g/mol. The van der Waals surface area contributed by atoms with Crippen LogP contribution in [0.2, 0.25) is 0 Å². The van der Waals surface area contributed by atoms with Crippen molar-refractivity contribution in [1.82, 2.24) is 8.86 Å². The van der Waals surface area contributed by atoms with Gasteiger partial charge in [0, 0.05) is 12.1 Å². The molecule has 3 aromatic rings. The van der Waals surface area contributed by atoms with Crippen LogP contribution in [0, 0.1) is 0 Å². The van der Waals surface area contributed by atoms with Crippen molar-refractivity contribution in [1.29, 1.82) is 0 Å². The van der Waals surface area contributed by atoms with Gasteiger partial charge < -0.3 is 0 Å². The number of nitrogens with zero attached hydrogens (tertiary/aromatic N) is 2. The fourth-order valence-corrected chi connectivity index (χ4v) is 4.99. The Morgan fingerprint density at radius 1 is 1.04 bits per heavy atom. The minimum Gasteiger partial charge on any atom is -0.280 e. The van der Waals surface area contributed by atoms with Crippen molar-refractivity contribution in [3.05, 3.63) is 69.2 Å². The molecule has 0 amide bonds. The Kier molecular flexibility index (Phi) is 3.35. The molecular weight excluding hydrogens is 316 g/mol. The van der Waals surface area contributed by atoms with E-state index in [2.05, 4.69) is 39.2 Å². The predicted molar refractivity (Wildman–Crippen MR) is 98.5 cm³/mol. The molecule has 122 valence electrons. The van der Waals surface area contributed by atoms with Crippen LogP contribution in [0.15, 0.2) is 53.3 Å². The van der Waals surface area contributed by atoms with Gasteiger partial charge in [0.25, 0.3) is 4.74 Å². The third kappa shape index (κ3) is 2.33. The second-order valence-electron chi connectivity index (χ2n) is 6.91. The van der Waals surface area contributed by atoms with Gasteiger partial charge in [0.1, 0.15) is 0 Å². The number of aryl methyl sites for hydroxylation is 1. The fraction of sp³-hybridized carbons (Fsp3) is 0.350. The zero-order valence-electron chi connectivity index (χ0n) is 13.5. The molecule has 3 nitrogen and oxygen atoms in total. The van der Waals surface area contributed by atoms with Crippen molar-refractivity contribution < 1.29 is 0 Å². The van der Waals surface area contributed by atoms with Gasteiger partial charge in [-0.25, -0.2) is 0 Å². The van der Waals surface area contributed by atoms with E-state index in [-0.39, 0.29) is 4.74 Å². The highest BCUT2D eigenvalue weighted by molar-refractivity contribution is 7.05. The molecule has 0 spiro atoms. The number of hydrogen-bond acceptors (Lipinski definition) is 3. The van der Waals surface area contributed by atoms with Gasteiger partial charge in [-0.1, -0.05) is 36.4 Å². The number of aromatic nitrogens is 1. The Morgan fingerprint density at radius 2 is 1.83 bits per heavy atom. The van der Waals surface area contributed by atoms with Crippen LogP contribution in [-0.2, 0) is 13.1 Å². The standard InChI is InChI=1S/C20H20N2OS/c23-20-17-7-3-4-8-19(17)22(24-20)13-21(15-10-11-15)18-12-9-14-5-1-2-6-16(14)18/h1-8,15,18H,9-13H2/t18-/m0/s1. The third-order valence-electron chi connectivity index (χ3n) is 5.39. The first kappa shape index (κ1) is 14.4. The van der Waals surface area contributed by atoms with Crippen LogP contribution in [0.25, 0.3) is 10.9 Å². The number of fused-ring (bicyclic) bond motifs is 2. The average Bonchev–Trinajstić information content (AvgIpc) is 3.30. The lowest BCUT2D eigenvalue weighted by molar-refractivity contribution is 0.148. The molecule has 0 aliphatic heterocycles. The summed E-state index contributed by atoms with van der Waals surface area (Å²) in [6, 6.07) is 18.0. The molecule has 0 radical (unpaired) electrons. The van der Waals surface area contributed by atoms with Crippen molar-refractivity contribution >= 4 is 22.4 Å². The number of benzene rings is 2. The van der Waals surface area contributed by atoms with Crippen LogP contribution < -0.4 is 4.74 Å². The number of para-hydroxylation sites is 1. The van der Waals surface area contributed by atoms with E-state index in [1.54, 1.807) is 0 Å². The highest BCUT2D eigenvalue weighted by atomic mass is 32.1. The zero-order chi connectivity index (χ0) is 16.1. The van der Waals surface area contributed by atoms with Gasteiger partial charge >= 0.3 is 0 Å². The third-order valence-corrected chi connectivity index (χ3v) is 6.31. The van der Waals surface area contributed by atoms with Gasteiger partial charge in [0.05, 0.1) is 17.6 Å². The van der Waals surface area contributed by atoms with Crippen LogP contribution in [0.5, 0.6) is 0 Å². The molecule has 24 heavy (non-hydrogen) atoms. The van der Waals surface area contributed by atoms with E-state index in [0.29, 0.717) is 12.1 Å². The van der Waals surface area contributed by atoms with Crippen molar-refractivity contribution in [2.45, 2.75) is 44.4 Å². The minimum atomic E-state index is 0.174. The Balaban J connectivity index is 1.53. The first-order valence-electron chi connectivity index (χ1n) is 8.73. The summed E-state index contributed by atoms with van der Waals surface area (Å²) < 4.78 is 2.37. The van der Waals surface area contributed by atoms with Crippen molar-refractivity contribution in [3.8, 4) is 0 Å². The molecule has 0 saturated heterocycles. The Hall–Kier alpha value is -1.91. The smallest absolute Gasteiger partial charge is 0.257 e.